The molecule has 0 aliphatic heterocycles. The molecule has 4 atom stereocenters. The van der Waals surface area contributed by atoms with Gasteiger partial charge in [0.15, 0.2) is 0 Å². The van der Waals surface area contributed by atoms with Gasteiger partial charge >= 0.3 is 5.97 Å². The number of nitrogens with one attached hydrogen (secondary N) is 1. The summed E-state index contributed by atoms with van der Waals surface area (Å²) < 4.78 is 0. The van der Waals surface area contributed by atoms with Gasteiger partial charge in [-0.1, -0.05) is 38.8 Å². The van der Waals surface area contributed by atoms with Crippen LogP contribution in [0.1, 0.15) is 52.4 Å². The molecule has 4 nitrogen and oxygen atoms in total. The van der Waals surface area contributed by atoms with Crippen LogP contribution >= 0.6 is 0 Å². The van der Waals surface area contributed by atoms with Crippen LogP contribution in [0.25, 0.3) is 0 Å². The number of carbonyl (C=O) groups excluding carboxylic acids is 1. The first kappa shape index (κ1) is 16.1. The van der Waals surface area contributed by atoms with Crippen molar-refractivity contribution >= 4 is 11.9 Å². The van der Waals surface area contributed by atoms with Gasteiger partial charge in [-0.15, -0.1) is 0 Å². The van der Waals surface area contributed by atoms with Gasteiger partial charge in [-0.2, -0.15) is 0 Å². The first-order valence-corrected chi connectivity index (χ1v) is 8.19. The van der Waals surface area contributed by atoms with Crippen LogP contribution in [0, 0.1) is 23.7 Å². The largest absolute Gasteiger partial charge is 0.481 e. The fourth-order valence-corrected chi connectivity index (χ4v) is 3.80. The van der Waals surface area contributed by atoms with Crippen LogP contribution in [0.2, 0.25) is 0 Å². The Bertz CT molecular complexity index is 416. The summed E-state index contributed by atoms with van der Waals surface area (Å²) in [5.74, 6) is -0.839. The van der Waals surface area contributed by atoms with Gasteiger partial charge in [-0.25, -0.2) is 0 Å². The van der Waals surface area contributed by atoms with E-state index in [1.54, 1.807) is 0 Å². The predicted molar refractivity (Wildman–Crippen MR) is 81.7 cm³/mol. The number of hydrogen-bond acceptors (Lipinski definition) is 2. The van der Waals surface area contributed by atoms with E-state index in [2.05, 4.69) is 19.2 Å². The zero-order valence-electron chi connectivity index (χ0n) is 13.0. The molecular formula is C17H27NO3. The molecule has 4 heteroatoms. The number of hydrogen-bond donors (Lipinski definition) is 2. The van der Waals surface area contributed by atoms with Crippen molar-refractivity contribution in [2.24, 2.45) is 23.7 Å². The van der Waals surface area contributed by atoms with E-state index in [4.69, 9.17) is 0 Å². The molecule has 0 heterocycles. The first-order valence-electron chi connectivity index (χ1n) is 8.19. The minimum absolute atomic E-state index is 0.0655. The van der Waals surface area contributed by atoms with E-state index in [1.807, 2.05) is 12.2 Å². The number of rotatable bonds is 4. The minimum Gasteiger partial charge on any atom is -0.481 e. The van der Waals surface area contributed by atoms with E-state index in [9.17, 15) is 14.7 Å². The van der Waals surface area contributed by atoms with Gasteiger partial charge in [0.1, 0.15) is 0 Å². The molecule has 0 aromatic rings. The molecule has 2 aliphatic carbocycles. The minimum atomic E-state index is -0.858. The maximum absolute atomic E-state index is 12.5. The zero-order valence-corrected chi connectivity index (χ0v) is 13.0. The first-order chi connectivity index (χ1) is 10.0. The van der Waals surface area contributed by atoms with Gasteiger partial charge in [-0.05, 0) is 37.5 Å². The summed E-state index contributed by atoms with van der Waals surface area (Å²) >= 11 is 0. The molecule has 0 bridgehead atoms. The molecule has 0 spiro atoms. The maximum atomic E-state index is 12.5. The van der Waals surface area contributed by atoms with Crippen LogP contribution in [0.4, 0.5) is 0 Å². The van der Waals surface area contributed by atoms with E-state index in [1.165, 1.54) is 6.42 Å². The molecule has 21 heavy (non-hydrogen) atoms. The number of amides is 1. The van der Waals surface area contributed by atoms with Gasteiger partial charge in [-0.3, -0.25) is 9.59 Å². The Morgan fingerprint density at radius 3 is 2.33 bits per heavy atom. The van der Waals surface area contributed by atoms with Crippen molar-refractivity contribution in [3.05, 3.63) is 12.2 Å². The van der Waals surface area contributed by atoms with Crippen LogP contribution < -0.4 is 5.32 Å². The average molecular weight is 293 g/mol. The quantitative estimate of drug-likeness (QED) is 0.783. The third kappa shape index (κ3) is 3.86. The number of carboxylic acids is 1. The number of carbonyl (C=O) groups is 2. The Morgan fingerprint density at radius 1 is 1.10 bits per heavy atom. The lowest BCUT2D eigenvalue weighted by Crippen LogP contribution is -2.48. The van der Waals surface area contributed by atoms with Crippen LogP contribution in [-0.2, 0) is 9.59 Å². The molecule has 1 amide bonds. The van der Waals surface area contributed by atoms with Crippen molar-refractivity contribution in [3.8, 4) is 0 Å². The molecule has 118 valence electrons. The highest BCUT2D eigenvalue weighted by Crippen LogP contribution is 2.32. The third-order valence-corrected chi connectivity index (χ3v) is 5.09. The average Bonchev–Trinajstić information content (AvgIpc) is 2.47. The van der Waals surface area contributed by atoms with Crippen molar-refractivity contribution in [1.82, 2.24) is 5.32 Å². The molecule has 2 N–H and O–H groups in total. The van der Waals surface area contributed by atoms with Crippen LogP contribution in [-0.4, -0.2) is 23.0 Å². The topological polar surface area (TPSA) is 66.4 Å². The Kier molecular flexibility index (Phi) is 5.43. The number of allylic oxidation sites excluding steroid dienone is 2. The fraction of sp³-hybridized carbons (Fsp3) is 0.765. The van der Waals surface area contributed by atoms with Crippen molar-refractivity contribution < 1.29 is 14.7 Å². The highest BCUT2D eigenvalue weighted by molar-refractivity contribution is 5.85. The highest BCUT2D eigenvalue weighted by atomic mass is 16.4. The van der Waals surface area contributed by atoms with Gasteiger partial charge < -0.3 is 10.4 Å². The van der Waals surface area contributed by atoms with Gasteiger partial charge in [0.2, 0.25) is 5.91 Å². The predicted octanol–water partition coefficient (Wildman–Crippen LogP) is 2.98. The highest BCUT2D eigenvalue weighted by Gasteiger charge is 2.36. The molecule has 0 saturated heterocycles. The SMILES string of the molecule is CC(C)C1CCCCC1NC(=O)C1CC=CCC1C(=O)O. The van der Waals surface area contributed by atoms with E-state index < -0.39 is 17.8 Å². The summed E-state index contributed by atoms with van der Waals surface area (Å²) in [5.41, 5.74) is 0. The Morgan fingerprint density at radius 2 is 1.71 bits per heavy atom. The van der Waals surface area contributed by atoms with Crippen molar-refractivity contribution in [2.75, 3.05) is 0 Å². The molecule has 0 aromatic heterocycles. The molecule has 2 rings (SSSR count). The summed E-state index contributed by atoms with van der Waals surface area (Å²) in [7, 11) is 0. The van der Waals surface area contributed by atoms with E-state index in [0.717, 1.165) is 19.3 Å². The Hall–Kier alpha value is -1.32. The van der Waals surface area contributed by atoms with E-state index in [-0.39, 0.29) is 11.9 Å². The lowest BCUT2D eigenvalue weighted by atomic mass is 9.77. The summed E-state index contributed by atoms with van der Waals surface area (Å²) in [4.78, 5) is 23.9. The van der Waals surface area contributed by atoms with Gasteiger partial charge in [0.25, 0.3) is 0 Å². The van der Waals surface area contributed by atoms with Crippen molar-refractivity contribution in [3.63, 3.8) is 0 Å². The lowest BCUT2D eigenvalue weighted by Gasteiger charge is -2.36. The van der Waals surface area contributed by atoms with Crippen molar-refractivity contribution in [2.45, 2.75) is 58.4 Å². The summed E-state index contributed by atoms with van der Waals surface area (Å²) in [6.45, 7) is 4.41. The molecule has 4 unspecified atom stereocenters. The summed E-state index contributed by atoms with van der Waals surface area (Å²) in [6, 6.07) is 0.214. The maximum Gasteiger partial charge on any atom is 0.307 e. The third-order valence-electron chi connectivity index (χ3n) is 5.09. The second kappa shape index (κ2) is 7.10. The molecule has 0 aromatic carbocycles. The lowest BCUT2D eigenvalue weighted by molar-refractivity contribution is -0.147. The smallest absolute Gasteiger partial charge is 0.307 e. The molecular weight excluding hydrogens is 266 g/mol. The molecule has 1 fully saturated rings. The van der Waals surface area contributed by atoms with Crippen LogP contribution in [0.15, 0.2) is 12.2 Å². The summed E-state index contributed by atoms with van der Waals surface area (Å²) in [6.07, 6.45) is 9.39. The van der Waals surface area contributed by atoms with E-state index >= 15 is 0 Å². The van der Waals surface area contributed by atoms with Gasteiger partial charge in [0.05, 0.1) is 11.8 Å². The standard InChI is InChI=1S/C17H27NO3/c1-11(2)12-7-5-6-10-15(12)18-16(19)13-8-3-4-9-14(13)17(20)21/h3-4,11-15H,5-10H2,1-2H3,(H,18,19)(H,20,21). The fourth-order valence-electron chi connectivity index (χ4n) is 3.80. The Labute approximate surface area is 127 Å². The summed E-state index contributed by atoms with van der Waals surface area (Å²) in [5, 5.41) is 12.5. The van der Waals surface area contributed by atoms with Gasteiger partial charge in [0, 0.05) is 6.04 Å². The Balaban J connectivity index is 2.02. The second-order valence-corrected chi connectivity index (χ2v) is 6.80. The normalized spacial score (nSPS) is 32.9. The monoisotopic (exact) mass is 293 g/mol. The number of aliphatic carboxylic acids is 1. The van der Waals surface area contributed by atoms with Crippen LogP contribution in [0.5, 0.6) is 0 Å². The zero-order chi connectivity index (χ0) is 15.4. The van der Waals surface area contributed by atoms with Crippen molar-refractivity contribution in [1.29, 1.82) is 0 Å². The van der Waals surface area contributed by atoms with Crippen LogP contribution in [0.3, 0.4) is 0 Å². The second-order valence-electron chi connectivity index (χ2n) is 6.80. The van der Waals surface area contributed by atoms with E-state index in [0.29, 0.717) is 24.7 Å². The number of carboxylic acid groups (broad SMARTS) is 1. The molecule has 2 aliphatic rings. The molecule has 0 radical (unpaired) electrons. The molecule has 1 saturated carbocycles.